The van der Waals surface area contributed by atoms with Crippen molar-refractivity contribution < 1.29 is 38.0 Å². The molecule has 0 aromatic heterocycles. The molecule has 0 atom stereocenters. The monoisotopic (exact) mass is 265 g/mol. The van der Waals surface area contributed by atoms with E-state index in [9.17, 15) is 0 Å². The number of hydrogen-bond donors (Lipinski definition) is 1. The summed E-state index contributed by atoms with van der Waals surface area (Å²) < 4.78 is 0. The van der Waals surface area contributed by atoms with E-state index in [1.54, 1.807) is 0 Å². The molecule has 0 amide bonds. The smallest absolute Gasteiger partial charge is 0.291 e. The standard InChI is InChI=1S/Hg.HNO3/c;2-1(3)4/h;(H,2,3,4). The molecule has 0 fully saturated rings. The summed E-state index contributed by atoms with van der Waals surface area (Å²) in [5, 5.41) is 13.6. The van der Waals surface area contributed by atoms with Crippen molar-refractivity contribution in [2.75, 3.05) is 0 Å². The molecule has 0 aliphatic carbocycles. The van der Waals surface area contributed by atoms with Gasteiger partial charge in [-0.25, -0.2) is 0 Å². The maximum absolute atomic E-state index is 8.36. The summed E-state index contributed by atoms with van der Waals surface area (Å²) in [6.07, 6.45) is 0. The van der Waals surface area contributed by atoms with E-state index in [-0.39, 0.29) is 27.7 Å². The van der Waals surface area contributed by atoms with Gasteiger partial charge in [0.05, 0.1) is 0 Å². The Morgan fingerprint density at radius 2 is 1.80 bits per heavy atom. The molecule has 0 saturated carbocycles. The topological polar surface area (TPSA) is 63.4 Å². The van der Waals surface area contributed by atoms with Crippen LogP contribution in [0.25, 0.3) is 0 Å². The van der Waals surface area contributed by atoms with Gasteiger partial charge in [0.1, 0.15) is 0 Å². The SMILES string of the molecule is O=[N+]([O-])O.[Hg]. The summed E-state index contributed by atoms with van der Waals surface area (Å²) in [6, 6.07) is 0. The zero-order valence-electron chi connectivity index (χ0n) is 2.42. The van der Waals surface area contributed by atoms with Gasteiger partial charge in [0.15, 0.2) is 0 Å². The summed E-state index contributed by atoms with van der Waals surface area (Å²) in [5.74, 6) is 0. The third-order valence-electron chi connectivity index (χ3n) is 0. The Balaban J connectivity index is 0. The van der Waals surface area contributed by atoms with Gasteiger partial charge in [0.25, 0.3) is 5.09 Å². The van der Waals surface area contributed by atoms with E-state index in [1.165, 1.54) is 0 Å². The van der Waals surface area contributed by atoms with Crippen LogP contribution in [0, 0.1) is 10.1 Å². The molecule has 0 saturated heterocycles. The molecule has 0 heterocycles. The Morgan fingerprint density at radius 1 is 1.80 bits per heavy atom. The molecule has 26 valence electrons. The molecule has 0 bridgehead atoms. The Kier molecular flexibility index (Phi) is 7.39. The Hall–Kier alpha value is 0.135. The number of nitrogens with zero attached hydrogens (tertiary/aromatic N) is 1. The largest absolute Gasteiger partial charge is 0.328 e. The predicted octanol–water partition coefficient (Wildman–Crippen LogP) is -0.350. The van der Waals surface area contributed by atoms with Crippen LogP contribution < -0.4 is 0 Å². The fourth-order valence-corrected chi connectivity index (χ4v) is 0. The van der Waals surface area contributed by atoms with Crippen LogP contribution in [0.4, 0.5) is 0 Å². The minimum Gasteiger partial charge on any atom is -0.328 e. The first-order valence-electron chi connectivity index (χ1n) is 0.565. The van der Waals surface area contributed by atoms with Crippen molar-refractivity contribution in [1.82, 2.24) is 0 Å². The van der Waals surface area contributed by atoms with Gasteiger partial charge in [-0.1, -0.05) is 0 Å². The normalized spacial score (nSPS) is 4.80. The molecule has 0 aliphatic rings. The van der Waals surface area contributed by atoms with Crippen molar-refractivity contribution >= 4 is 0 Å². The molecular weight excluding hydrogens is 263 g/mol. The third kappa shape index (κ3) is 1030. The van der Waals surface area contributed by atoms with Crippen molar-refractivity contribution in [2.45, 2.75) is 0 Å². The minimum atomic E-state index is -1.50. The van der Waals surface area contributed by atoms with Crippen LogP contribution in [-0.4, -0.2) is 10.3 Å². The van der Waals surface area contributed by atoms with Crippen LogP contribution in [0.3, 0.4) is 0 Å². The van der Waals surface area contributed by atoms with Crippen LogP contribution in [0.2, 0.25) is 0 Å². The van der Waals surface area contributed by atoms with Crippen LogP contribution >= 0.6 is 0 Å². The van der Waals surface area contributed by atoms with Gasteiger partial charge in [0.2, 0.25) is 0 Å². The van der Waals surface area contributed by atoms with E-state index in [0.29, 0.717) is 0 Å². The molecular formula is HHgNO3. The van der Waals surface area contributed by atoms with Crippen molar-refractivity contribution in [2.24, 2.45) is 0 Å². The fraction of sp³-hybridized carbons (Fsp3) is 0. The zero-order chi connectivity index (χ0) is 3.58. The summed E-state index contributed by atoms with van der Waals surface area (Å²) >= 11 is 0. The molecule has 5 heavy (non-hydrogen) atoms. The molecule has 0 unspecified atom stereocenters. The first-order chi connectivity index (χ1) is 1.73. The van der Waals surface area contributed by atoms with E-state index in [2.05, 4.69) is 0 Å². The molecule has 0 rings (SSSR count). The number of rotatable bonds is 0. The maximum Gasteiger partial charge on any atom is 0.291 e. The van der Waals surface area contributed by atoms with Crippen molar-refractivity contribution in [3.63, 3.8) is 0 Å². The molecule has 0 radical (unpaired) electrons. The van der Waals surface area contributed by atoms with E-state index in [0.717, 1.165) is 0 Å². The maximum atomic E-state index is 8.36. The van der Waals surface area contributed by atoms with Crippen molar-refractivity contribution in [3.8, 4) is 0 Å². The Bertz CT molecular complexity index is 29.9. The first kappa shape index (κ1) is 8.93. The van der Waals surface area contributed by atoms with Gasteiger partial charge in [-0.2, -0.15) is 0 Å². The molecule has 0 spiro atoms. The predicted molar refractivity (Wildman–Crippen MR) is 8.78 cm³/mol. The molecule has 5 heteroatoms. The van der Waals surface area contributed by atoms with E-state index in [4.69, 9.17) is 15.3 Å². The second-order valence-electron chi connectivity index (χ2n) is 0.238. The Labute approximate surface area is 48.4 Å². The molecule has 1 N–H and O–H groups in total. The van der Waals surface area contributed by atoms with Gasteiger partial charge in [0, 0.05) is 27.7 Å². The third-order valence-corrected chi connectivity index (χ3v) is 0. The first-order valence-corrected chi connectivity index (χ1v) is 0.565. The molecule has 0 aromatic carbocycles. The van der Waals surface area contributed by atoms with E-state index in [1.807, 2.05) is 0 Å². The van der Waals surface area contributed by atoms with Gasteiger partial charge < -0.3 is 5.21 Å². The van der Waals surface area contributed by atoms with Crippen LogP contribution in [0.1, 0.15) is 0 Å². The summed E-state index contributed by atoms with van der Waals surface area (Å²) in [6.45, 7) is 0. The van der Waals surface area contributed by atoms with Crippen molar-refractivity contribution in [1.29, 1.82) is 0 Å². The minimum absolute atomic E-state index is 0. The quantitative estimate of drug-likeness (QED) is 0.369. The van der Waals surface area contributed by atoms with E-state index >= 15 is 0 Å². The zero-order valence-corrected chi connectivity index (χ0v) is 7.92. The Morgan fingerprint density at radius 3 is 1.80 bits per heavy atom. The summed E-state index contributed by atoms with van der Waals surface area (Å²) in [5.41, 5.74) is 0. The van der Waals surface area contributed by atoms with Gasteiger partial charge >= 0.3 is 0 Å². The number of hydrogen-bond acceptors (Lipinski definition) is 2. The summed E-state index contributed by atoms with van der Waals surface area (Å²) in [7, 11) is 0. The van der Waals surface area contributed by atoms with Gasteiger partial charge in [-0.3, -0.25) is 0 Å². The molecule has 0 aliphatic heterocycles. The summed E-state index contributed by atoms with van der Waals surface area (Å²) in [4.78, 5) is 8.36. The van der Waals surface area contributed by atoms with Crippen LogP contribution in [0.15, 0.2) is 0 Å². The van der Waals surface area contributed by atoms with Gasteiger partial charge in [-0.05, 0) is 0 Å². The second-order valence-corrected chi connectivity index (χ2v) is 0.238. The average molecular weight is 264 g/mol. The van der Waals surface area contributed by atoms with Crippen molar-refractivity contribution in [3.05, 3.63) is 10.1 Å². The molecule has 0 aromatic rings. The second kappa shape index (κ2) is 4.14. The fourth-order valence-electron chi connectivity index (χ4n) is 0. The molecule has 4 nitrogen and oxygen atoms in total. The van der Waals surface area contributed by atoms with E-state index < -0.39 is 5.09 Å². The average Bonchev–Trinajstić information content (AvgIpc) is 0.811. The van der Waals surface area contributed by atoms with Gasteiger partial charge in [-0.15, -0.1) is 10.1 Å². The van der Waals surface area contributed by atoms with Crippen LogP contribution in [-0.2, 0) is 27.7 Å². The van der Waals surface area contributed by atoms with Crippen LogP contribution in [0.5, 0.6) is 0 Å².